The smallest absolute Gasteiger partial charge is 0.265 e. The van der Waals surface area contributed by atoms with Crippen LogP contribution in [0.2, 0.25) is 0 Å². The van der Waals surface area contributed by atoms with E-state index in [2.05, 4.69) is 10.3 Å². The first kappa shape index (κ1) is 17.7. The number of hydrogen-bond acceptors (Lipinski definition) is 5. The van der Waals surface area contributed by atoms with Crippen molar-refractivity contribution in [1.82, 2.24) is 9.88 Å². The van der Waals surface area contributed by atoms with Crippen molar-refractivity contribution in [2.45, 2.75) is 19.8 Å². The third kappa shape index (κ3) is 4.28. The number of carbonyl (C=O) groups excluding carboxylic acids is 1. The average molecular weight is 363 g/mol. The number of amides is 1. The molecular formula is C18H22FN3O2S. The van der Waals surface area contributed by atoms with Gasteiger partial charge in [-0.3, -0.25) is 4.79 Å². The molecule has 1 aromatic carbocycles. The normalized spacial score (nSPS) is 17.4. The molecule has 7 heteroatoms. The van der Waals surface area contributed by atoms with E-state index in [1.807, 2.05) is 11.8 Å². The Balaban J connectivity index is 1.59. The number of aryl methyl sites for hydroxylation is 1. The van der Waals surface area contributed by atoms with Crippen molar-refractivity contribution in [3.8, 4) is 5.75 Å². The lowest BCUT2D eigenvalue weighted by Crippen LogP contribution is -2.41. The molecule has 2 heterocycles. The van der Waals surface area contributed by atoms with Gasteiger partial charge in [0.1, 0.15) is 16.4 Å². The van der Waals surface area contributed by atoms with Gasteiger partial charge in [0.05, 0.1) is 12.3 Å². The monoisotopic (exact) mass is 363 g/mol. The molecular weight excluding hydrogens is 341 g/mol. The van der Waals surface area contributed by atoms with Gasteiger partial charge in [0, 0.05) is 26.1 Å². The van der Waals surface area contributed by atoms with Crippen LogP contribution in [0, 0.1) is 18.7 Å². The van der Waals surface area contributed by atoms with Crippen LogP contribution in [0.4, 0.5) is 9.52 Å². The minimum atomic E-state index is -0.275. The minimum absolute atomic E-state index is 0.0444. The molecule has 0 saturated carbocycles. The summed E-state index contributed by atoms with van der Waals surface area (Å²) in [5.74, 6) is 0.701. The van der Waals surface area contributed by atoms with Crippen LogP contribution >= 0.6 is 11.3 Å². The van der Waals surface area contributed by atoms with E-state index in [1.54, 1.807) is 19.2 Å². The third-order valence-corrected chi connectivity index (χ3v) is 5.47. The number of aromatic nitrogens is 1. The van der Waals surface area contributed by atoms with Crippen molar-refractivity contribution in [2.24, 2.45) is 5.92 Å². The van der Waals surface area contributed by atoms with Crippen molar-refractivity contribution in [2.75, 3.05) is 32.1 Å². The molecule has 2 aromatic rings. The number of rotatable bonds is 5. The Morgan fingerprint density at radius 2 is 2.20 bits per heavy atom. The second kappa shape index (κ2) is 7.82. The van der Waals surface area contributed by atoms with E-state index < -0.39 is 0 Å². The topological polar surface area (TPSA) is 54.5 Å². The molecule has 134 valence electrons. The number of halogens is 1. The Morgan fingerprint density at radius 1 is 1.44 bits per heavy atom. The molecule has 1 saturated heterocycles. The fourth-order valence-corrected chi connectivity index (χ4v) is 3.86. The van der Waals surface area contributed by atoms with E-state index in [9.17, 15) is 9.18 Å². The zero-order valence-electron chi connectivity index (χ0n) is 14.4. The number of nitrogens with zero attached hydrogens (tertiary/aromatic N) is 2. The van der Waals surface area contributed by atoms with Crippen molar-refractivity contribution < 1.29 is 13.9 Å². The Morgan fingerprint density at radius 3 is 2.88 bits per heavy atom. The van der Waals surface area contributed by atoms with Crippen LogP contribution < -0.4 is 10.1 Å². The molecule has 0 spiro atoms. The lowest BCUT2D eigenvalue weighted by molar-refractivity contribution is 0.0637. The zero-order valence-corrected chi connectivity index (χ0v) is 15.2. The highest BCUT2D eigenvalue weighted by atomic mass is 32.1. The molecule has 0 bridgehead atoms. The highest BCUT2D eigenvalue weighted by Crippen LogP contribution is 2.26. The first-order valence-corrected chi connectivity index (χ1v) is 9.21. The molecule has 1 aliphatic heterocycles. The number of nitrogens with one attached hydrogen (secondary N) is 1. The summed E-state index contributed by atoms with van der Waals surface area (Å²) in [6, 6.07) is 6.03. The lowest BCUT2D eigenvalue weighted by Gasteiger charge is -2.32. The SMILES string of the molecule is CNc1nc(C)c(C(=O)N2CCC[C@H](COc3ccc(F)cc3)C2)s1. The van der Waals surface area contributed by atoms with Crippen molar-refractivity contribution in [3.05, 3.63) is 40.7 Å². The highest BCUT2D eigenvalue weighted by molar-refractivity contribution is 7.17. The second-order valence-corrected chi connectivity index (χ2v) is 7.21. The van der Waals surface area contributed by atoms with Crippen LogP contribution in [0.25, 0.3) is 0 Å². The first-order chi connectivity index (χ1) is 12.1. The van der Waals surface area contributed by atoms with Gasteiger partial charge in [-0.05, 0) is 44.0 Å². The van der Waals surface area contributed by atoms with E-state index in [1.165, 1.54) is 23.5 Å². The van der Waals surface area contributed by atoms with E-state index >= 15 is 0 Å². The molecule has 5 nitrogen and oxygen atoms in total. The van der Waals surface area contributed by atoms with Crippen molar-refractivity contribution in [1.29, 1.82) is 0 Å². The van der Waals surface area contributed by atoms with E-state index in [0.717, 1.165) is 30.2 Å². The maximum Gasteiger partial charge on any atom is 0.265 e. The van der Waals surface area contributed by atoms with Crippen molar-refractivity contribution in [3.63, 3.8) is 0 Å². The van der Waals surface area contributed by atoms with Crippen LogP contribution in [-0.4, -0.2) is 42.5 Å². The standard InChI is InChI=1S/C18H22FN3O2S/c1-12-16(25-18(20-2)21-12)17(23)22-9-3-4-13(10-22)11-24-15-7-5-14(19)6-8-15/h5-8,13H,3-4,9-11H2,1-2H3,(H,20,21)/t13-/m0/s1. The molecule has 3 rings (SSSR count). The molecule has 1 aromatic heterocycles. The van der Waals surface area contributed by atoms with Crippen LogP contribution in [-0.2, 0) is 0 Å². The summed E-state index contributed by atoms with van der Waals surface area (Å²) in [5.41, 5.74) is 0.768. The molecule has 25 heavy (non-hydrogen) atoms. The first-order valence-electron chi connectivity index (χ1n) is 8.39. The average Bonchev–Trinajstić information content (AvgIpc) is 3.02. The molecule has 1 N–H and O–H groups in total. The zero-order chi connectivity index (χ0) is 17.8. The molecule has 1 fully saturated rings. The van der Waals surface area contributed by atoms with Gasteiger partial charge in [-0.2, -0.15) is 0 Å². The number of hydrogen-bond donors (Lipinski definition) is 1. The molecule has 1 atom stereocenters. The Kier molecular flexibility index (Phi) is 5.53. The maximum absolute atomic E-state index is 12.9. The Bertz CT molecular complexity index is 732. The summed E-state index contributed by atoms with van der Waals surface area (Å²) in [5, 5.41) is 3.75. The van der Waals surface area contributed by atoms with Gasteiger partial charge in [0.25, 0.3) is 5.91 Å². The molecule has 0 unspecified atom stereocenters. The highest BCUT2D eigenvalue weighted by Gasteiger charge is 2.27. The van der Waals surface area contributed by atoms with Gasteiger partial charge in [-0.25, -0.2) is 9.37 Å². The number of carbonyl (C=O) groups is 1. The largest absolute Gasteiger partial charge is 0.493 e. The summed E-state index contributed by atoms with van der Waals surface area (Å²) in [6.45, 7) is 3.83. The molecule has 1 amide bonds. The van der Waals surface area contributed by atoms with E-state index in [-0.39, 0.29) is 17.6 Å². The Labute approximate surface area is 150 Å². The van der Waals surface area contributed by atoms with Gasteiger partial charge in [-0.1, -0.05) is 11.3 Å². The van der Waals surface area contributed by atoms with E-state index in [0.29, 0.717) is 23.8 Å². The van der Waals surface area contributed by atoms with Crippen molar-refractivity contribution >= 4 is 22.4 Å². The number of benzene rings is 1. The Hall–Kier alpha value is -2.15. The minimum Gasteiger partial charge on any atom is -0.493 e. The predicted octanol–water partition coefficient (Wildman–Crippen LogP) is 3.56. The number of ether oxygens (including phenoxy) is 1. The number of anilines is 1. The summed E-state index contributed by atoms with van der Waals surface area (Å²) in [4.78, 5) is 19.7. The predicted molar refractivity (Wildman–Crippen MR) is 96.9 cm³/mol. The lowest BCUT2D eigenvalue weighted by atomic mass is 9.98. The maximum atomic E-state index is 12.9. The summed E-state index contributed by atoms with van der Waals surface area (Å²) in [6.07, 6.45) is 1.98. The fraction of sp³-hybridized carbons (Fsp3) is 0.444. The van der Waals surface area contributed by atoms with Gasteiger partial charge >= 0.3 is 0 Å². The third-order valence-electron chi connectivity index (χ3n) is 4.31. The molecule has 0 aliphatic carbocycles. The second-order valence-electron chi connectivity index (χ2n) is 6.21. The summed E-state index contributed by atoms with van der Waals surface area (Å²) in [7, 11) is 1.80. The number of thiazole rings is 1. The fourth-order valence-electron chi connectivity index (χ4n) is 2.98. The quantitative estimate of drug-likeness (QED) is 0.882. The molecule has 1 aliphatic rings. The van der Waals surface area contributed by atoms with Crippen LogP contribution in [0.1, 0.15) is 28.2 Å². The molecule has 0 radical (unpaired) electrons. The van der Waals surface area contributed by atoms with Gasteiger partial charge in [0.2, 0.25) is 0 Å². The van der Waals surface area contributed by atoms with Crippen LogP contribution in [0.15, 0.2) is 24.3 Å². The van der Waals surface area contributed by atoms with Crippen LogP contribution in [0.3, 0.4) is 0 Å². The van der Waals surface area contributed by atoms with Gasteiger partial charge in [0.15, 0.2) is 5.13 Å². The van der Waals surface area contributed by atoms with Crippen LogP contribution in [0.5, 0.6) is 5.75 Å². The van der Waals surface area contributed by atoms with Gasteiger partial charge in [-0.15, -0.1) is 0 Å². The summed E-state index contributed by atoms with van der Waals surface area (Å²) < 4.78 is 18.7. The number of piperidine rings is 1. The van der Waals surface area contributed by atoms with E-state index in [4.69, 9.17) is 4.74 Å². The summed E-state index contributed by atoms with van der Waals surface area (Å²) >= 11 is 1.39. The number of likely N-dealkylation sites (tertiary alicyclic amines) is 1. The van der Waals surface area contributed by atoms with Gasteiger partial charge < -0.3 is 15.0 Å².